The van der Waals surface area contributed by atoms with Gasteiger partial charge in [-0.2, -0.15) is 0 Å². The van der Waals surface area contributed by atoms with Gasteiger partial charge in [0.05, 0.1) is 12.6 Å². The van der Waals surface area contributed by atoms with E-state index in [0.29, 0.717) is 29.7 Å². The maximum atomic E-state index is 14.5. The fourth-order valence-electron chi connectivity index (χ4n) is 5.67. The molecule has 3 aromatic carbocycles. The summed E-state index contributed by atoms with van der Waals surface area (Å²) in [6, 6.07) is 18.1. The van der Waals surface area contributed by atoms with Crippen LogP contribution in [-0.2, 0) is 16.0 Å². The Morgan fingerprint density at radius 3 is 2.51 bits per heavy atom. The second kappa shape index (κ2) is 11.9. The summed E-state index contributed by atoms with van der Waals surface area (Å²) in [6.07, 6.45) is 2.46. The van der Waals surface area contributed by atoms with Crippen LogP contribution in [-0.4, -0.2) is 35.0 Å². The van der Waals surface area contributed by atoms with Crippen LogP contribution in [0.15, 0.2) is 71.7 Å². The number of aromatic amines is 1. The first-order chi connectivity index (χ1) is 19.7. The van der Waals surface area contributed by atoms with E-state index in [0.717, 1.165) is 39.6 Å². The van der Waals surface area contributed by atoms with Gasteiger partial charge >= 0.3 is 6.09 Å². The van der Waals surface area contributed by atoms with Gasteiger partial charge in [0.25, 0.3) is 5.56 Å². The molecule has 4 aromatic rings. The number of pyridine rings is 1. The molecule has 212 valence electrons. The third-order valence-electron chi connectivity index (χ3n) is 7.80. The SMILES string of the molecule is CCCN1C(=O)[C@H](Nc2ccc3cc[nH]c(=O)c3c2)c2cc(C)c(c(C)c2)CCOC(=O)Nc2cccc(c2)C1C. The minimum absolute atomic E-state index is 0.0714. The van der Waals surface area contributed by atoms with Gasteiger partial charge in [-0.25, -0.2) is 4.79 Å². The van der Waals surface area contributed by atoms with Crippen LogP contribution in [0.25, 0.3) is 10.8 Å². The molecule has 2 atom stereocenters. The third-order valence-corrected chi connectivity index (χ3v) is 7.80. The lowest BCUT2D eigenvalue weighted by Crippen LogP contribution is -2.40. The van der Waals surface area contributed by atoms with Crippen molar-refractivity contribution in [3.8, 4) is 0 Å². The first-order valence-electron chi connectivity index (χ1n) is 14.1. The number of hydrogen-bond acceptors (Lipinski definition) is 5. The summed E-state index contributed by atoms with van der Waals surface area (Å²) in [5.41, 5.74) is 5.97. The normalized spacial score (nSPS) is 17.8. The minimum atomic E-state index is -0.692. The average Bonchev–Trinajstić information content (AvgIpc) is 2.95. The van der Waals surface area contributed by atoms with Gasteiger partial charge in [-0.1, -0.05) is 37.3 Å². The van der Waals surface area contributed by atoms with Gasteiger partial charge in [0.15, 0.2) is 0 Å². The average molecular weight is 553 g/mol. The molecule has 3 heterocycles. The number of carbonyl (C=O) groups excluding carboxylic acids is 2. The van der Waals surface area contributed by atoms with E-state index in [1.165, 1.54) is 0 Å². The van der Waals surface area contributed by atoms with Gasteiger partial charge in [0.2, 0.25) is 5.91 Å². The molecular formula is C33H36N4O4. The summed E-state index contributed by atoms with van der Waals surface area (Å²) in [7, 11) is 0. The monoisotopic (exact) mass is 552 g/mol. The van der Waals surface area contributed by atoms with Crippen LogP contribution in [0.5, 0.6) is 0 Å². The number of rotatable bonds is 4. The maximum absolute atomic E-state index is 14.5. The smallest absolute Gasteiger partial charge is 0.411 e. The van der Waals surface area contributed by atoms with Gasteiger partial charge in [-0.3, -0.25) is 14.9 Å². The summed E-state index contributed by atoms with van der Waals surface area (Å²) in [5, 5.41) is 7.68. The first-order valence-corrected chi connectivity index (χ1v) is 14.1. The third kappa shape index (κ3) is 5.96. The summed E-state index contributed by atoms with van der Waals surface area (Å²) in [6.45, 7) is 8.87. The van der Waals surface area contributed by atoms with Crippen molar-refractivity contribution in [2.75, 3.05) is 23.8 Å². The van der Waals surface area contributed by atoms with Crippen molar-refractivity contribution < 1.29 is 14.3 Å². The minimum Gasteiger partial charge on any atom is -0.449 e. The Hall–Kier alpha value is -4.59. The highest BCUT2D eigenvalue weighted by molar-refractivity contribution is 5.89. The van der Waals surface area contributed by atoms with E-state index < -0.39 is 12.1 Å². The zero-order valence-corrected chi connectivity index (χ0v) is 23.9. The van der Waals surface area contributed by atoms with E-state index in [9.17, 15) is 14.4 Å². The quantitative estimate of drug-likeness (QED) is 0.272. The Morgan fingerprint density at radius 1 is 0.976 bits per heavy atom. The molecule has 1 aromatic heterocycles. The highest BCUT2D eigenvalue weighted by atomic mass is 16.5. The molecule has 0 aliphatic carbocycles. The van der Waals surface area contributed by atoms with Gasteiger partial charge < -0.3 is 19.9 Å². The number of nitrogens with one attached hydrogen (secondary N) is 3. The summed E-state index contributed by atoms with van der Waals surface area (Å²) in [5.74, 6) is -0.0714. The lowest BCUT2D eigenvalue weighted by Gasteiger charge is -2.34. The number of aromatic nitrogens is 1. The molecule has 2 aliphatic heterocycles. The van der Waals surface area contributed by atoms with E-state index in [1.54, 1.807) is 12.3 Å². The summed E-state index contributed by atoms with van der Waals surface area (Å²) >= 11 is 0. The second-order valence-corrected chi connectivity index (χ2v) is 10.7. The van der Waals surface area contributed by atoms with Crippen molar-refractivity contribution in [1.82, 2.24) is 9.88 Å². The number of nitrogens with zero attached hydrogens (tertiary/aromatic N) is 1. The van der Waals surface area contributed by atoms with Crippen LogP contribution in [0.1, 0.15) is 60.2 Å². The molecule has 8 heteroatoms. The molecule has 0 spiro atoms. The number of fused-ring (bicyclic) bond motifs is 10. The molecule has 41 heavy (non-hydrogen) atoms. The van der Waals surface area contributed by atoms with E-state index in [2.05, 4.69) is 15.6 Å². The van der Waals surface area contributed by atoms with E-state index in [4.69, 9.17) is 4.74 Å². The predicted molar refractivity (Wildman–Crippen MR) is 162 cm³/mol. The largest absolute Gasteiger partial charge is 0.449 e. The van der Waals surface area contributed by atoms with Gasteiger partial charge in [-0.05, 0) is 90.7 Å². The zero-order chi connectivity index (χ0) is 29.1. The lowest BCUT2D eigenvalue weighted by molar-refractivity contribution is -0.134. The molecule has 0 saturated heterocycles. The second-order valence-electron chi connectivity index (χ2n) is 10.7. The highest BCUT2D eigenvalue weighted by Gasteiger charge is 2.30. The fourth-order valence-corrected chi connectivity index (χ4v) is 5.67. The van der Waals surface area contributed by atoms with Crippen LogP contribution >= 0.6 is 0 Å². The van der Waals surface area contributed by atoms with Gasteiger partial charge in [0.1, 0.15) is 6.04 Å². The molecule has 2 amide bonds. The Morgan fingerprint density at radius 2 is 1.76 bits per heavy atom. The molecule has 6 rings (SSSR count). The van der Waals surface area contributed by atoms with Crippen molar-refractivity contribution in [2.24, 2.45) is 0 Å². The number of H-pyrrole nitrogens is 1. The molecule has 8 nitrogen and oxygen atoms in total. The van der Waals surface area contributed by atoms with E-state index in [1.807, 2.05) is 87.2 Å². The van der Waals surface area contributed by atoms with Crippen molar-refractivity contribution in [1.29, 1.82) is 0 Å². The van der Waals surface area contributed by atoms with Gasteiger partial charge in [-0.15, -0.1) is 0 Å². The number of ether oxygens (including phenoxy) is 1. The Labute approximate surface area is 239 Å². The van der Waals surface area contributed by atoms with Crippen molar-refractivity contribution >= 4 is 34.1 Å². The van der Waals surface area contributed by atoms with Crippen molar-refractivity contribution in [3.05, 3.63) is 105 Å². The predicted octanol–water partition coefficient (Wildman–Crippen LogP) is 6.40. The maximum Gasteiger partial charge on any atom is 0.411 e. The molecule has 0 saturated carbocycles. The van der Waals surface area contributed by atoms with Crippen molar-refractivity contribution in [2.45, 2.75) is 52.6 Å². The summed E-state index contributed by atoms with van der Waals surface area (Å²) in [4.78, 5) is 44.2. The number of anilines is 2. The number of carbonyl (C=O) groups is 2. The van der Waals surface area contributed by atoms with E-state index >= 15 is 0 Å². The molecule has 1 unspecified atom stereocenters. The zero-order valence-electron chi connectivity index (χ0n) is 23.9. The standard InChI is InChI=1S/C33H36N4O4/c1-5-14-37-22(4)24-7-6-8-26(18-24)36-33(40)41-15-12-28-20(2)16-25(17-21(28)3)30(32(37)39)35-27-10-9-23-11-13-34-31(38)29(23)19-27/h6-11,13,16-19,22,30,35H,5,12,14-15H2,1-4H3,(H,34,38)(H,36,40)/t22?,30-/m1/s1. The fraction of sp³-hybridized carbons (Fsp3) is 0.303. The Bertz CT molecular complexity index is 1640. The van der Waals surface area contributed by atoms with Crippen molar-refractivity contribution in [3.63, 3.8) is 0 Å². The van der Waals surface area contributed by atoms with Crippen LogP contribution in [0, 0.1) is 13.8 Å². The van der Waals surface area contributed by atoms with Crippen LogP contribution in [0.4, 0.5) is 16.2 Å². The number of amides is 2. The highest BCUT2D eigenvalue weighted by Crippen LogP contribution is 2.32. The topological polar surface area (TPSA) is 104 Å². The van der Waals surface area contributed by atoms with Crippen LogP contribution in [0.3, 0.4) is 0 Å². The number of benzene rings is 3. The van der Waals surface area contributed by atoms with Crippen LogP contribution in [0.2, 0.25) is 0 Å². The van der Waals surface area contributed by atoms with Gasteiger partial charge in [0, 0.05) is 35.9 Å². The molecule has 0 fully saturated rings. The number of aryl methyl sites for hydroxylation is 2. The summed E-state index contributed by atoms with van der Waals surface area (Å²) < 4.78 is 5.50. The first kappa shape index (κ1) is 28.0. The molecule has 0 radical (unpaired) electrons. The molecule has 2 aliphatic rings. The number of hydrogen-bond donors (Lipinski definition) is 3. The van der Waals surface area contributed by atoms with E-state index in [-0.39, 0.29) is 24.1 Å². The molecule has 3 N–H and O–H groups in total. The Kier molecular flexibility index (Phi) is 8.10. The molecular weight excluding hydrogens is 516 g/mol. The lowest BCUT2D eigenvalue weighted by atomic mass is 9.93. The molecule has 4 bridgehead atoms. The Balaban J connectivity index is 1.63. The van der Waals surface area contributed by atoms with Crippen LogP contribution < -0.4 is 16.2 Å².